The summed E-state index contributed by atoms with van der Waals surface area (Å²) >= 11 is 0. The van der Waals surface area contributed by atoms with Crippen LogP contribution in [0.2, 0.25) is 0 Å². The average molecular weight is 201 g/mol. The van der Waals surface area contributed by atoms with Gasteiger partial charge in [-0.15, -0.1) is 0 Å². The molecule has 0 radical (unpaired) electrons. The van der Waals surface area contributed by atoms with Crippen LogP contribution in [0.15, 0.2) is 0 Å². The molecule has 0 unspecified atom stereocenters. The van der Waals surface area contributed by atoms with Crippen LogP contribution in [0.25, 0.3) is 0 Å². The van der Waals surface area contributed by atoms with E-state index < -0.39 is 6.04 Å². The second-order valence-electron chi connectivity index (χ2n) is 3.63. The van der Waals surface area contributed by atoms with Gasteiger partial charge in [0.15, 0.2) is 0 Å². The summed E-state index contributed by atoms with van der Waals surface area (Å²) < 4.78 is 0. The molecule has 0 rings (SSSR count). The van der Waals surface area contributed by atoms with E-state index in [1.165, 1.54) is 7.05 Å². The molecule has 0 aliphatic heterocycles. The van der Waals surface area contributed by atoms with Gasteiger partial charge in [-0.05, 0) is 12.3 Å². The van der Waals surface area contributed by atoms with E-state index in [0.717, 1.165) is 0 Å². The minimum Gasteiger partial charge on any atom is -0.358 e. The van der Waals surface area contributed by atoms with Gasteiger partial charge in [0.1, 0.15) is 0 Å². The number of nitrogens with one attached hydrogen (secondary N) is 2. The Hall–Kier alpha value is -1.10. The third-order valence-corrected chi connectivity index (χ3v) is 1.76. The van der Waals surface area contributed by atoms with Gasteiger partial charge in [-0.1, -0.05) is 13.8 Å². The molecule has 0 aromatic heterocycles. The predicted molar refractivity (Wildman–Crippen MR) is 54.5 cm³/mol. The topological polar surface area (TPSA) is 84.2 Å². The maximum absolute atomic E-state index is 11.3. The minimum atomic E-state index is -0.528. The van der Waals surface area contributed by atoms with Crippen molar-refractivity contribution in [2.75, 3.05) is 13.6 Å². The lowest BCUT2D eigenvalue weighted by Crippen LogP contribution is -2.44. The molecular formula is C9H19N3O2. The second-order valence-corrected chi connectivity index (χ2v) is 3.63. The third kappa shape index (κ3) is 5.53. The molecular weight excluding hydrogens is 182 g/mol. The molecule has 0 fully saturated rings. The van der Waals surface area contributed by atoms with E-state index in [2.05, 4.69) is 10.6 Å². The highest BCUT2D eigenvalue weighted by Crippen LogP contribution is 2.01. The smallest absolute Gasteiger partial charge is 0.239 e. The molecule has 2 amide bonds. The fourth-order valence-electron chi connectivity index (χ4n) is 1.00. The molecule has 0 aromatic rings. The number of hydrogen-bond donors (Lipinski definition) is 3. The maximum Gasteiger partial charge on any atom is 0.239 e. The number of hydrogen-bond acceptors (Lipinski definition) is 3. The standard InChI is InChI=1S/C9H19N3O2/c1-6(2)4-7(10)9(14)12-5-8(13)11-3/h6-7H,4-5,10H2,1-3H3,(H,11,13)(H,12,14)/t7-/m0/s1. The van der Waals surface area contributed by atoms with Crippen LogP contribution in [0.1, 0.15) is 20.3 Å². The number of nitrogens with two attached hydrogens (primary N) is 1. The van der Waals surface area contributed by atoms with Crippen molar-refractivity contribution in [3.05, 3.63) is 0 Å². The molecule has 4 N–H and O–H groups in total. The van der Waals surface area contributed by atoms with Gasteiger partial charge in [-0.2, -0.15) is 0 Å². The van der Waals surface area contributed by atoms with Gasteiger partial charge < -0.3 is 16.4 Å². The van der Waals surface area contributed by atoms with Crippen LogP contribution in [0, 0.1) is 5.92 Å². The Morgan fingerprint density at radius 1 is 1.36 bits per heavy atom. The zero-order chi connectivity index (χ0) is 11.1. The molecule has 5 heteroatoms. The van der Waals surface area contributed by atoms with Crippen LogP contribution in [-0.4, -0.2) is 31.4 Å². The third-order valence-electron chi connectivity index (χ3n) is 1.76. The van der Waals surface area contributed by atoms with Crippen molar-refractivity contribution in [2.24, 2.45) is 11.7 Å². The van der Waals surface area contributed by atoms with Gasteiger partial charge in [0.05, 0.1) is 12.6 Å². The first kappa shape index (κ1) is 12.9. The van der Waals surface area contributed by atoms with Crippen molar-refractivity contribution in [1.82, 2.24) is 10.6 Å². The maximum atomic E-state index is 11.3. The van der Waals surface area contributed by atoms with Crippen molar-refractivity contribution in [3.8, 4) is 0 Å². The van der Waals surface area contributed by atoms with Gasteiger partial charge in [0, 0.05) is 7.05 Å². The molecule has 0 aromatic carbocycles. The summed E-state index contributed by atoms with van der Waals surface area (Å²) in [6, 6.07) is -0.528. The molecule has 14 heavy (non-hydrogen) atoms. The Morgan fingerprint density at radius 2 is 1.93 bits per heavy atom. The van der Waals surface area contributed by atoms with Crippen molar-refractivity contribution in [1.29, 1.82) is 0 Å². The second kappa shape index (κ2) is 6.37. The zero-order valence-corrected chi connectivity index (χ0v) is 8.96. The number of amides is 2. The van der Waals surface area contributed by atoms with Crippen LogP contribution >= 0.6 is 0 Å². The van der Waals surface area contributed by atoms with Crippen LogP contribution < -0.4 is 16.4 Å². The molecule has 0 bridgehead atoms. The largest absolute Gasteiger partial charge is 0.358 e. The summed E-state index contributed by atoms with van der Waals surface area (Å²) in [6.45, 7) is 3.97. The summed E-state index contributed by atoms with van der Waals surface area (Å²) in [5.74, 6) is -0.131. The highest BCUT2D eigenvalue weighted by molar-refractivity contribution is 5.87. The van der Waals surface area contributed by atoms with Crippen LogP contribution in [0.3, 0.4) is 0 Å². The lowest BCUT2D eigenvalue weighted by atomic mass is 10.0. The van der Waals surface area contributed by atoms with E-state index in [-0.39, 0.29) is 18.4 Å². The molecule has 0 heterocycles. The van der Waals surface area contributed by atoms with E-state index in [9.17, 15) is 9.59 Å². The van der Waals surface area contributed by atoms with Crippen molar-refractivity contribution >= 4 is 11.8 Å². The molecule has 0 saturated carbocycles. The Labute approximate surface area is 84.4 Å². The average Bonchev–Trinajstić information content (AvgIpc) is 2.12. The molecule has 1 atom stereocenters. The number of carbonyl (C=O) groups excluding carboxylic acids is 2. The summed E-state index contributed by atoms with van der Waals surface area (Å²) in [5, 5.41) is 4.87. The van der Waals surface area contributed by atoms with Gasteiger partial charge in [-0.25, -0.2) is 0 Å². The predicted octanol–water partition coefficient (Wildman–Crippen LogP) is -0.778. The fraction of sp³-hybridized carbons (Fsp3) is 0.778. The zero-order valence-electron chi connectivity index (χ0n) is 8.96. The normalized spacial score (nSPS) is 12.4. The van der Waals surface area contributed by atoms with Gasteiger partial charge in [-0.3, -0.25) is 9.59 Å². The molecule has 82 valence electrons. The van der Waals surface area contributed by atoms with E-state index in [0.29, 0.717) is 12.3 Å². The monoisotopic (exact) mass is 201 g/mol. The van der Waals surface area contributed by atoms with Gasteiger partial charge >= 0.3 is 0 Å². The van der Waals surface area contributed by atoms with Crippen LogP contribution in [0.4, 0.5) is 0 Å². The number of rotatable bonds is 5. The van der Waals surface area contributed by atoms with E-state index in [4.69, 9.17) is 5.73 Å². The summed E-state index contributed by atoms with van der Waals surface area (Å²) in [6.07, 6.45) is 0.625. The van der Waals surface area contributed by atoms with E-state index in [1.807, 2.05) is 13.8 Å². The highest BCUT2D eigenvalue weighted by atomic mass is 16.2. The van der Waals surface area contributed by atoms with Gasteiger partial charge in [0.25, 0.3) is 0 Å². The first-order valence-electron chi connectivity index (χ1n) is 4.71. The van der Waals surface area contributed by atoms with Crippen molar-refractivity contribution in [3.63, 3.8) is 0 Å². The van der Waals surface area contributed by atoms with Crippen LogP contribution in [0.5, 0.6) is 0 Å². The van der Waals surface area contributed by atoms with Crippen molar-refractivity contribution in [2.45, 2.75) is 26.3 Å². The van der Waals surface area contributed by atoms with Gasteiger partial charge in [0.2, 0.25) is 11.8 Å². The quantitative estimate of drug-likeness (QED) is 0.545. The molecule has 0 saturated heterocycles. The van der Waals surface area contributed by atoms with E-state index in [1.54, 1.807) is 0 Å². The minimum absolute atomic E-state index is 0.0128. The van der Waals surface area contributed by atoms with Crippen LogP contribution in [-0.2, 0) is 9.59 Å². The lowest BCUT2D eigenvalue weighted by molar-refractivity contribution is -0.126. The highest BCUT2D eigenvalue weighted by Gasteiger charge is 2.14. The lowest BCUT2D eigenvalue weighted by Gasteiger charge is -2.13. The first-order valence-corrected chi connectivity index (χ1v) is 4.71. The SMILES string of the molecule is CNC(=O)CNC(=O)[C@@H](N)CC(C)C. The first-order chi connectivity index (χ1) is 6.47. The van der Waals surface area contributed by atoms with E-state index >= 15 is 0 Å². The Kier molecular flexibility index (Phi) is 5.87. The number of carbonyl (C=O) groups is 2. The Morgan fingerprint density at radius 3 is 2.36 bits per heavy atom. The Bertz CT molecular complexity index is 204. The summed E-state index contributed by atoms with van der Waals surface area (Å²) in [7, 11) is 1.52. The molecule has 5 nitrogen and oxygen atoms in total. The Balaban J connectivity index is 3.78. The summed E-state index contributed by atoms with van der Waals surface area (Å²) in [5.41, 5.74) is 5.60. The fourth-order valence-corrected chi connectivity index (χ4v) is 1.00. The number of likely N-dealkylation sites (N-methyl/N-ethyl adjacent to an activating group) is 1. The van der Waals surface area contributed by atoms with Crippen molar-refractivity contribution < 1.29 is 9.59 Å². The summed E-state index contributed by atoms with van der Waals surface area (Å²) in [4.78, 5) is 22.1. The molecule has 0 aliphatic rings. The molecule has 0 spiro atoms. The molecule has 0 aliphatic carbocycles.